The van der Waals surface area contributed by atoms with Crippen LogP contribution < -0.4 is 5.73 Å². The van der Waals surface area contributed by atoms with Crippen molar-refractivity contribution in [2.45, 2.75) is 63.3 Å². The summed E-state index contributed by atoms with van der Waals surface area (Å²) in [5.41, 5.74) is 6.48. The minimum absolute atomic E-state index is 0.244. The molecule has 0 aliphatic rings. The Balaban J connectivity index is 4.91. The van der Waals surface area contributed by atoms with Crippen molar-refractivity contribution >= 4 is 22.6 Å². The van der Waals surface area contributed by atoms with Crippen LogP contribution in [0, 0.1) is 5.41 Å². The summed E-state index contributed by atoms with van der Waals surface area (Å²) in [6.45, 7) is 11.3. The third-order valence-electron chi connectivity index (χ3n) is 3.80. The van der Waals surface area contributed by atoms with Gasteiger partial charge in [-0.2, -0.15) is 0 Å². The average molecular weight is 297 g/mol. The van der Waals surface area contributed by atoms with E-state index < -0.39 is 0 Å². The van der Waals surface area contributed by atoms with Gasteiger partial charge >= 0.3 is 0 Å². The quantitative estimate of drug-likeness (QED) is 0.607. The Morgan fingerprint density at radius 3 is 1.62 bits per heavy atom. The molecule has 0 bridgehead atoms. The summed E-state index contributed by atoms with van der Waals surface area (Å²) in [5.74, 6) is 0. The molecule has 0 aromatic carbocycles. The van der Waals surface area contributed by atoms with Gasteiger partial charge in [0.2, 0.25) is 0 Å². The molecule has 0 amide bonds. The molecule has 2 heteroatoms. The summed E-state index contributed by atoms with van der Waals surface area (Å²) in [7, 11) is 0. The zero-order chi connectivity index (χ0) is 10.7. The van der Waals surface area contributed by atoms with E-state index in [0.29, 0.717) is 5.41 Å². The second-order valence-corrected chi connectivity index (χ2v) is 6.20. The number of rotatable bonds is 5. The van der Waals surface area contributed by atoms with Crippen molar-refractivity contribution in [2.24, 2.45) is 11.1 Å². The second kappa shape index (κ2) is 4.96. The molecule has 0 aromatic heterocycles. The molecule has 2 atom stereocenters. The van der Waals surface area contributed by atoms with Gasteiger partial charge in [-0.1, -0.05) is 50.3 Å². The molecule has 0 aromatic rings. The van der Waals surface area contributed by atoms with E-state index in [9.17, 15) is 0 Å². The van der Waals surface area contributed by atoms with Crippen LogP contribution in [-0.2, 0) is 0 Å². The summed E-state index contributed by atoms with van der Waals surface area (Å²) in [5, 5.41) is 0. The van der Waals surface area contributed by atoms with E-state index in [4.69, 9.17) is 5.73 Å². The van der Waals surface area contributed by atoms with Crippen LogP contribution in [0.4, 0.5) is 0 Å². The molecule has 0 aliphatic heterocycles. The molecular weight excluding hydrogens is 273 g/mol. The highest BCUT2D eigenvalue weighted by Gasteiger charge is 2.44. The Kier molecular flexibility index (Phi) is 5.23. The van der Waals surface area contributed by atoms with Gasteiger partial charge in [-0.05, 0) is 31.6 Å². The summed E-state index contributed by atoms with van der Waals surface area (Å²) in [4.78, 5) is 0. The van der Waals surface area contributed by atoms with E-state index >= 15 is 0 Å². The molecule has 0 fully saturated rings. The first-order valence-corrected chi connectivity index (χ1v) is 6.40. The van der Waals surface area contributed by atoms with Crippen LogP contribution in [0.3, 0.4) is 0 Å². The molecule has 80 valence electrons. The summed E-state index contributed by atoms with van der Waals surface area (Å²) < 4.78 is 0.244. The fraction of sp³-hybridized carbons (Fsp3) is 1.00. The highest BCUT2D eigenvalue weighted by molar-refractivity contribution is 14.1. The molecule has 0 spiro atoms. The summed E-state index contributed by atoms with van der Waals surface area (Å²) in [6, 6.07) is 0.267. The van der Waals surface area contributed by atoms with Gasteiger partial charge < -0.3 is 5.73 Å². The van der Waals surface area contributed by atoms with Gasteiger partial charge in [0.1, 0.15) is 0 Å². The third-order valence-corrected chi connectivity index (χ3v) is 6.85. The van der Waals surface area contributed by atoms with Crippen LogP contribution in [0.15, 0.2) is 0 Å². The van der Waals surface area contributed by atoms with Crippen molar-refractivity contribution in [3.63, 3.8) is 0 Å². The fourth-order valence-corrected chi connectivity index (χ4v) is 2.90. The van der Waals surface area contributed by atoms with E-state index in [2.05, 4.69) is 57.2 Å². The van der Waals surface area contributed by atoms with Gasteiger partial charge in [0.05, 0.1) is 0 Å². The zero-order valence-electron chi connectivity index (χ0n) is 9.65. The van der Waals surface area contributed by atoms with Crippen molar-refractivity contribution in [1.82, 2.24) is 0 Å². The lowest BCUT2D eigenvalue weighted by molar-refractivity contribution is 0.188. The number of hydrogen-bond acceptors (Lipinski definition) is 1. The molecular formula is C11H24IN. The lowest BCUT2D eigenvalue weighted by Gasteiger charge is -2.46. The number of halogens is 1. The van der Waals surface area contributed by atoms with Gasteiger partial charge in [-0.3, -0.25) is 0 Å². The summed E-state index contributed by atoms with van der Waals surface area (Å²) in [6.07, 6.45) is 3.58. The highest BCUT2D eigenvalue weighted by Crippen LogP contribution is 2.48. The van der Waals surface area contributed by atoms with E-state index in [1.165, 1.54) is 12.8 Å². The van der Waals surface area contributed by atoms with Gasteiger partial charge in [-0.25, -0.2) is 0 Å². The third kappa shape index (κ3) is 2.38. The fourth-order valence-electron chi connectivity index (χ4n) is 2.14. The van der Waals surface area contributed by atoms with E-state index in [1.807, 2.05) is 0 Å². The number of hydrogen-bond donors (Lipinski definition) is 1. The Labute approximate surface area is 97.0 Å². The van der Waals surface area contributed by atoms with Gasteiger partial charge in [0.25, 0.3) is 0 Å². The maximum absolute atomic E-state index is 6.11. The van der Waals surface area contributed by atoms with Crippen LogP contribution in [0.5, 0.6) is 0 Å². The molecule has 0 saturated carbocycles. The van der Waals surface area contributed by atoms with Crippen LogP contribution in [-0.4, -0.2) is 9.46 Å². The maximum atomic E-state index is 6.11. The minimum Gasteiger partial charge on any atom is -0.327 e. The van der Waals surface area contributed by atoms with Crippen molar-refractivity contribution < 1.29 is 0 Å². The van der Waals surface area contributed by atoms with Crippen molar-refractivity contribution in [1.29, 1.82) is 0 Å². The Morgan fingerprint density at radius 2 is 1.54 bits per heavy atom. The zero-order valence-corrected chi connectivity index (χ0v) is 11.8. The Hall–Kier alpha value is 0.690. The van der Waals surface area contributed by atoms with Gasteiger partial charge in [-0.15, -0.1) is 0 Å². The van der Waals surface area contributed by atoms with Crippen LogP contribution in [0.25, 0.3) is 0 Å². The van der Waals surface area contributed by atoms with Gasteiger partial charge in [0, 0.05) is 9.46 Å². The maximum Gasteiger partial charge on any atom is 0.0421 e. The van der Waals surface area contributed by atoms with E-state index in [0.717, 1.165) is 6.42 Å². The second-order valence-electron chi connectivity index (χ2n) is 4.27. The Morgan fingerprint density at radius 1 is 1.15 bits per heavy atom. The normalized spacial score (nSPS) is 19.6. The predicted molar refractivity (Wildman–Crippen MR) is 69.4 cm³/mol. The van der Waals surface area contributed by atoms with Crippen molar-refractivity contribution in [3.8, 4) is 0 Å². The van der Waals surface area contributed by atoms with Gasteiger partial charge in [0.15, 0.2) is 0 Å². The SMILES string of the molecule is CCC(C)(CC)C(I)(CC)C(C)N. The summed E-state index contributed by atoms with van der Waals surface area (Å²) >= 11 is 2.58. The molecule has 0 saturated heterocycles. The smallest absolute Gasteiger partial charge is 0.0421 e. The first kappa shape index (κ1) is 13.7. The average Bonchev–Trinajstić information content (AvgIpc) is 2.14. The monoisotopic (exact) mass is 297 g/mol. The molecule has 0 radical (unpaired) electrons. The largest absolute Gasteiger partial charge is 0.327 e. The van der Waals surface area contributed by atoms with E-state index in [1.54, 1.807) is 0 Å². The number of nitrogens with two attached hydrogens (primary N) is 1. The van der Waals surface area contributed by atoms with Crippen LogP contribution in [0.1, 0.15) is 53.9 Å². The van der Waals surface area contributed by atoms with E-state index in [-0.39, 0.29) is 9.46 Å². The highest BCUT2D eigenvalue weighted by atomic mass is 127. The lowest BCUT2D eigenvalue weighted by Crippen LogP contribution is -2.51. The molecule has 13 heavy (non-hydrogen) atoms. The first-order chi connectivity index (χ1) is 5.88. The molecule has 0 aliphatic carbocycles. The number of alkyl halides is 1. The van der Waals surface area contributed by atoms with Crippen molar-refractivity contribution in [3.05, 3.63) is 0 Å². The molecule has 1 nitrogen and oxygen atoms in total. The first-order valence-electron chi connectivity index (χ1n) is 5.32. The van der Waals surface area contributed by atoms with Crippen LogP contribution in [0.2, 0.25) is 0 Å². The molecule has 0 heterocycles. The minimum atomic E-state index is 0.244. The van der Waals surface area contributed by atoms with Crippen LogP contribution >= 0.6 is 22.6 Å². The lowest BCUT2D eigenvalue weighted by atomic mass is 9.69. The Bertz CT molecular complexity index is 152. The standard InChI is InChI=1S/C11H24IN/c1-6-10(5,7-2)11(12,8-3)9(4)13/h9H,6-8,13H2,1-5H3. The molecule has 2 N–H and O–H groups in total. The molecule has 2 unspecified atom stereocenters. The van der Waals surface area contributed by atoms with Crippen molar-refractivity contribution in [2.75, 3.05) is 0 Å². The molecule has 0 rings (SSSR count). The topological polar surface area (TPSA) is 26.0 Å². The predicted octanol–water partition coefficient (Wildman–Crippen LogP) is 3.74.